The van der Waals surface area contributed by atoms with Gasteiger partial charge in [-0.1, -0.05) is 11.6 Å². The van der Waals surface area contributed by atoms with Gasteiger partial charge in [-0.2, -0.15) is 11.8 Å². The maximum absolute atomic E-state index is 6.09. The first kappa shape index (κ1) is 18.1. The van der Waals surface area contributed by atoms with Gasteiger partial charge in [0.25, 0.3) is 0 Å². The zero-order valence-electron chi connectivity index (χ0n) is 14.0. The molecule has 3 rings (SSSR count). The first-order chi connectivity index (χ1) is 11.7. The van der Waals surface area contributed by atoms with Crippen molar-refractivity contribution >= 4 is 46.4 Å². The van der Waals surface area contributed by atoms with Gasteiger partial charge in [-0.05, 0) is 54.8 Å². The number of thiocarbonyl (C=S) groups is 1. The predicted octanol–water partition coefficient (Wildman–Crippen LogP) is 3.56. The fraction of sp³-hybridized carbons (Fsp3) is 0.588. The lowest BCUT2D eigenvalue weighted by Gasteiger charge is -2.41. The molecule has 0 atom stereocenters. The van der Waals surface area contributed by atoms with Crippen LogP contribution in [-0.4, -0.2) is 65.7 Å². The van der Waals surface area contributed by atoms with Crippen LogP contribution in [-0.2, 0) is 0 Å². The van der Waals surface area contributed by atoms with E-state index in [1.807, 2.05) is 18.2 Å². The molecule has 7 heteroatoms. The Labute approximate surface area is 158 Å². The van der Waals surface area contributed by atoms with Crippen LogP contribution in [0, 0.1) is 0 Å². The minimum absolute atomic E-state index is 0.668. The van der Waals surface area contributed by atoms with Crippen molar-refractivity contribution in [1.82, 2.24) is 9.80 Å². The van der Waals surface area contributed by atoms with Gasteiger partial charge in [0.05, 0.1) is 12.8 Å². The normalized spacial score (nSPS) is 20.0. The average Bonchev–Trinajstić information content (AvgIpc) is 2.63. The maximum Gasteiger partial charge on any atom is 0.173 e. The molecule has 2 aliphatic heterocycles. The van der Waals surface area contributed by atoms with E-state index in [2.05, 4.69) is 26.9 Å². The molecule has 1 aromatic carbocycles. The zero-order chi connectivity index (χ0) is 16.9. The molecule has 1 N–H and O–H groups in total. The second kappa shape index (κ2) is 8.61. The van der Waals surface area contributed by atoms with Gasteiger partial charge < -0.3 is 15.0 Å². The molecule has 132 valence electrons. The molecular weight excluding hydrogens is 362 g/mol. The number of nitrogens with zero attached hydrogens (tertiary/aromatic N) is 2. The van der Waals surface area contributed by atoms with Crippen LogP contribution in [0.5, 0.6) is 5.75 Å². The van der Waals surface area contributed by atoms with Gasteiger partial charge in [0.2, 0.25) is 0 Å². The van der Waals surface area contributed by atoms with E-state index in [9.17, 15) is 0 Å². The van der Waals surface area contributed by atoms with E-state index in [-0.39, 0.29) is 0 Å². The summed E-state index contributed by atoms with van der Waals surface area (Å²) in [5.74, 6) is 3.36. The highest BCUT2D eigenvalue weighted by atomic mass is 35.5. The Kier molecular flexibility index (Phi) is 6.49. The Morgan fingerprint density at radius 1 is 1.25 bits per heavy atom. The summed E-state index contributed by atoms with van der Waals surface area (Å²) >= 11 is 13.8. The van der Waals surface area contributed by atoms with E-state index < -0.39 is 0 Å². The Hall–Kier alpha value is -0.690. The Morgan fingerprint density at radius 2 is 1.96 bits per heavy atom. The minimum atomic E-state index is 0.668. The van der Waals surface area contributed by atoms with Crippen molar-refractivity contribution in [2.45, 2.75) is 18.9 Å². The molecule has 2 fully saturated rings. The van der Waals surface area contributed by atoms with Crippen LogP contribution in [0.1, 0.15) is 12.8 Å². The summed E-state index contributed by atoms with van der Waals surface area (Å²) in [5, 5.41) is 4.70. The molecule has 0 saturated carbocycles. The van der Waals surface area contributed by atoms with E-state index in [0.29, 0.717) is 5.02 Å². The number of nitrogens with one attached hydrogen (secondary N) is 1. The summed E-state index contributed by atoms with van der Waals surface area (Å²) in [6.07, 6.45) is 2.65. The molecule has 0 aromatic heterocycles. The molecule has 0 bridgehead atoms. The highest BCUT2D eigenvalue weighted by Gasteiger charge is 2.26. The van der Waals surface area contributed by atoms with Gasteiger partial charge in [-0.25, -0.2) is 0 Å². The summed E-state index contributed by atoms with van der Waals surface area (Å²) in [6, 6.07) is 6.29. The molecule has 2 saturated heterocycles. The van der Waals surface area contributed by atoms with Gasteiger partial charge in [0, 0.05) is 37.2 Å². The Bertz CT molecular complexity index is 573. The van der Waals surface area contributed by atoms with Crippen LogP contribution >= 0.6 is 35.6 Å². The largest absolute Gasteiger partial charge is 0.495 e. The quantitative estimate of drug-likeness (QED) is 0.800. The van der Waals surface area contributed by atoms with Crippen molar-refractivity contribution in [3.63, 3.8) is 0 Å². The molecule has 1 aromatic rings. The highest BCUT2D eigenvalue weighted by molar-refractivity contribution is 7.99. The fourth-order valence-corrected chi connectivity index (χ4v) is 4.86. The molecule has 0 unspecified atom stereocenters. The number of benzene rings is 1. The lowest BCUT2D eigenvalue weighted by Crippen LogP contribution is -2.53. The van der Waals surface area contributed by atoms with Gasteiger partial charge in [-0.3, -0.25) is 4.90 Å². The lowest BCUT2D eigenvalue weighted by atomic mass is 10.1. The standard InChI is InChI=1S/C17H24ClN3OS2/c1-22-16-3-2-13(18)12-15(16)19-17(23)21-8-6-20(7-9-21)14-4-10-24-11-5-14/h2-3,12,14H,4-11H2,1H3,(H,19,23). The molecule has 0 spiro atoms. The molecular formula is C17H24ClN3OS2. The van der Waals surface area contributed by atoms with E-state index in [1.54, 1.807) is 7.11 Å². The third kappa shape index (κ3) is 4.48. The van der Waals surface area contributed by atoms with E-state index in [4.69, 9.17) is 28.6 Å². The predicted molar refractivity (Wildman–Crippen MR) is 108 cm³/mol. The van der Waals surface area contributed by atoms with Gasteiger partial charge >= 0.3 is 0 Å². The summed E-state index contributed by atoms with van der Waals surface area (Å²) in [7, 11) is 1.65. The van der Waals surface area contributed by atoms with Crippen LogP contribution in [0.4, 0.5) is 5.69 Å². The number of piperazine rings is 1. The monoisotopic (exact) mass is 385 g/mol. The molecule has 24 heavy (non-hydrogen) atoms. The second-order valence-electron chi connectivity index (χ2n) is 6.14. The summed E-state index contributed by atoms with van der Waals surface area (Å²) < 4.78 is 5.38. The van der Waals surface area contributed by atoms with Gasteiger partial charge in [-0.15, -0.1) is 0 Å². The molecule has 2 aliphatic rings. The van der Waals surface area contributed by atoms with E-state index in [0.717, 1.165) is 48.8 Å². The van der Waals surface area contributed by atoms with Crippen molar-refractivity contribution < 1.29 is 4.74 Å². The number of rotatable bonds is 3. The summed E-state index contributed by atoms with van der Waals surface area (Å²) in [4.78, 5) is 4.88. The third-order valence-electron chi connectivity index (χ3n) is 4.71. The SMILES string of the molecule is COc1ccc(Cl)cc1NC(=S)N1CCN(C2CCSCC2)CC1. The van der Waals surface area contributed by atoms with Gasteiger partial charge in [0.1, 0.15) is 5.75 Å². The smallest absolute Gasteiger partial charge is 0.173 e. The molecule has 0 amide bonds. The maximum atomic E-state index is 6.09. The van der Waals surface area contributed by atoms with Gasteiger partial charge in [0.15, 0.2) is 5.11 Å². The molecule has 0 aliphatic carbocycles. The van der Waals surface area contributed by atoms with Crippen molar-refractivity contribution in [2.24, 2.45) is 0 Å². The van der Waals surface area contributed by atoms with Crippen molar-refractivity contribution in [1.29, 1.82) is 0 Å². The van der Waals surface area contributed by atoms with Crippen molar-refractivity contribution in [3.05, 3.63) is 23.2 Å². The molecule has 2 heterocycles. The van der Waals surface area contributed by atoms with Crippen LogP contribution in [0.15, 0.2) is 18.2 Å². The lowest BCUT2D eigenvalue weighted by molar-refractivity contribution is 0.126. The number of ether oxygens (including phenoxy) is 1. The van der Waals surface area contributed by atoms with Crippen LogP contribution < -0.4 is 10.1 Å². The number of methoxy groups -OCH3 is 1. The summed E-state index contributed by atoms with van der Waals surface area (Å²) in [5.41, 5.74) is 0.821. The number of anilines is 1. The van der Waals surface area contributed by atoms with E-state index >= 15 is 0 Å². The Morgan fingerprint density at radius 3 is 2.62 bits per heavy atom. The van der Waals surface area contributed by atoms with Crippen LogP contribution in [0.2, 0.25) is 5.02 Å². The van der Waals surface area contributed by atoms with Crippen molar-refractivity contribution in [2.75, 3.05) is 50.1 Å². The number of hydrogen-bond donors (Lipinski definition) is 1. The highest BCUT2D eigenvalue weighted by Crippen LogP contribution is 2.28. The van der Waals surface area contributed by atoms with Crippen LogP contribution in [0.3, 0.4) is 0 Å². The molecule has 4 nitrogen and oxygen atoms in total. The second-order valence-corrected chi connectivity index (χ2v) is 8.19. The topological polar surface area (TPSA) is 27.7 Å². The number of thioether (sulfide) groups is 1. The zero-order valence-corrected chi connectivity index (χ0v) is 16.4. The van der Waals surface area contributed by atoms with Crippen molar-refractivity contribution in [3.8, 4) is 5.75 Å². The number of halogens is 1. The first-order valence-corrected chi connectivity index (χ1v) is 10.3. The van der Waals surface area contributed by atoms with E-state index in [1.165, 1.54) is 24.3 Å². The first-order valence-electron chi connectivity index (χ1n) is 8.38. The molecule has 0 radical (unpaired) electrons. The minimum Gasteiger partial charge on any atom is -0.495 e. The summed E-state index contributed by atoms with van der Waals surface area (Å²) in [6.45, 7) is 4.12. The third-order valence-corrected chi connectivity index (χ3v) is 6.36. The average molecular weight is 386 g/mol. The fourth-order valence-electron chi connectivity index (χ4n) is 3.31. The Balaban J connectivity index is 1.54. The van der Waals surface area contributed by atoms with Crippen LogP contribution in [0.25, 0.3) is 0 Å². The number of hydrogen-bond acceptors (Lipinski definition) is 4.